The summed E-state index contributed by atoms with van der Waals surface area (Å²) in [6.45, 7) is 1.60. The van der Waals surface area contributed by atoms with Crippen LogP contribution in [-0.2, 0) is 4.79 Å². The third-order valence-electron chi connectivity index (χ3n) is 1.59. The van der Waals surface area contributed by atoms with Crippen LogP contribution in [0.3, 0.4) is 0 Å². The highest BCUT2D eigenvalue weighted by atomic mass is 35.5. The molecule has 7 heteroatoms. The van der Waals surface area contributed by atoms with Gasteiger partial charge < -0.3 is 20.7 Å². The normalized spacial score (nSPS) is 11.2. The summed E-state index contributed by atoms with van der Waals surface area (Å²) < 4.78 is 4.86. The molecule has 1 aromatic carbocycles. The second-order valence-electron chi connectivity index (χ2n) is 3.34. The van der Waals surface area contributed by atoms with Crippen molar-refractivity contribution in [1.82, 2.24) is 0 Å². The first-order valence-corrected chi connectivity index (χ1v) is 5.80. The van der Waals surface area contributed by atoms with E-state index in [1.54, 1.807) is 13.0 Å². The van der Waals surface area contributed by atoms with Crippen molar-refractivity contribution in [2.24, 2.45) is 5.73 Å². The molecular weight excluding hydrogens is 281 g/mol. The lowest BCUT2D eigenvalue weighted by Gasteiger charge is -2.04. The van der Waals surface area contributed by atoms with Gasteiger partial charge in [0, 0.05) is 11.6 Å². The van der Waals surface area contributed by atoms with Crippen molar-refractivity contribution >= 4 is 29.2 Å². The van der Waals surface area contributed by atoms with E-state index in [9.17, 15) is 4.79 Å². The minimum Gasteiger partial charge on any atom is -0.480 e. The maximum atomic E-state index is 10.2. The molecule has 0 spiro atoms. The molecular formula is C11H15Cl2NO4. The van der Waals surface area contributed by atoms with E-state index in [-0.39, 0.29) is 6.10 Å². The Labute approximate surface area is 115 Å². The summed E-state index contributed by atoms with van der Waals surface area (Å²) in [5.41, 5.74) is 4.92. The number of hydrogen-bond acceptors (Lipinski definition) is 4. The molecule has 0 radical (unpaired) electrons. The van der Waals surface area contributed by atoms with Crippen LogP contribution in [0.4, 0.5) is 0 Å². The van der Waals surface area contributed by atoms with Gasteiger partial charge in [0.1, 0.15) is 5.75 Å². The molecule has 4 N–H and O–H groups in total. The third kappa shape index (κ3) is 8.14. The Morgan fingerprint density at radius 1 is 1.50 bits per heavy atom. The van der Waals surface area contributed by atoms with Crippen molar-refractivity contribution in [1.29, 1.82) is 0 Å². The molecule has 0 saturated heterocycles. The summed E-state index contributed by atoms with van der Waals surface area (Å²) >= 11 is 11.3. The summed E-state index contributed by atoms with van der Waals surface area (Å²) in [7, 11) is 0. The third-order valence-corrected chi connectivity index (χ3v) is 2.12. The van der Waals surface area contributed by atoms with Gasteiger partial charge in [0.15, 0.2) is 6.61 Å². The van der Waals surface area contributed by atoms with E-state index in [0.717, 1.165) is 0 Å². The lowest BCUT2D eigenvalue weighted by molar-refractivity contribution is -0.139. The number of benzene rings is 1. The van der Waals surface area contributed by atoms with Gasteiger partial charge in [0.25, 0.3) is 0 Å². The monoisotopic (exact) mass is 295 g/mol. The van der Waals surface area contributed by atoms with Crippen LogP contribution in [-0.4, -0.2) is 35.4 Å². The zero-order valence-corrected chi connectivity index (χ0v) is 11.3. The molecule has 1 aromatic rings. The minimum atomic E-state index is -1.05. The molecule has 0 saturated carbocycles. The van der Waals surface area contributed by atoms with Crippen LogP contribution in [0.2, 0.25) is 10.0 Å². The molecule has 102 valence electrons. The second-order valence-corrected chi connectivity index (χ2v) is 4.19. The second kappa shape index (κ2) is 8.99. The predicted octanol–water partition coefficient (Wildman–Crippen LogP) is 1.78. The number of carboxylic acids is 1. The zero-order chi connectivity index (χ0) is 14.1. The number of rotatable bonds is 4. The Balaban J connectivity index is 0.000000494. The average molecular weight is 296 g/mol. The molecule has 1 unspecified atom stereocenters. The molecule has 0 aliphatic carbocycles. The smallest absolute Gasteiger partial charge is 0.341 e. The molecule has 0 bridgehead atoms. The van der Waals surface area contributed by atoms with E-state index in [0.29, 0.717) is 22.3 Å². The standard InChI is InChI=1S/C8H6Cl2O3.C3H9NO/c9-5-1-2-7(6(10)3-5)13-4-8(11)12;1-3(5)2-4/h1-3H,4H2,(H,11,12);3,5H,2,4H2,1H3. The minimum absolute atomic E-state index is 0.300. The fourth-order valence-electron chi connectivity index (χ4n) is 0.732. The lowest BCUT2D eigenvalue weighted by atomic mass is 10.3. The first-order chi connectivity index (χ1) is 8.36. The molecule has 1 rings (SSSR count). The Morgan fingerprint density at radius 3 is 2.44 bits per heavy atom. The topological polar surface area (TPSA) is 92.8 Å². The van der Waals surface area contributed by atoms with Crippen molar-refractivity contribution in [2.45, 2.75) is 13.0 Å². The van der Waals surface area contributed by atoms with Crippen LogP contribution >= 0.6 is 23.2 Å². The maximum Gasteiger partial charge on any atom is 0.341 e. The fourth-order valence-corrected chi connectivity index (χ4v) is 1.19. The van der Waals surface area contributed by atoms with Crippen LogP contribution in [0.15, 0.2) is 18.2 Å². The fraction of sp³-hybridized carbons (Fsp3) is 0.364. The molecule has 18 heavy (non-hydrogen) atoms. The summed E-state index contributed by atoms with van der Waals surface area (Å²) in [4.78, 5) is 10.2. The van der Waals surface area contributed by atoms with Gasteiger partial charge in [0.2, 0.25) is 0 Å². The van der Waals surface area contributed by atoms with Crippen molar-refractivity contribution in [3.05, 3.63) is 28.2 Å². The van der Waals surface area contributed by atoms with E-state index in [1.165, 1.54) is 12.1 Å². The number of aliphatic hydroxyl groups excluding tert-OH is 1. The molecule has 0 fully saturated rings. The van der Waals surface area contributed by atoms with E-state index < -0.39 is 12.6 Å². The summed E-state index contributed by atoms with van der Waals surface area (Å²) in [6, 6.07) is 4.58. The number of carboxylic acid groups (broad SMARTS) is 1. The predicted molar refractivity (Wildman–Crippen MR) is 70.3 cm³/mol. The van der Waals surface area contributed by atoms with E-state index in [4.69, 9.17) is 43.9 Å². The Morgan fingerprint density at radius 2 is 2.06 bits per heavy atom. The van der Waals surface area contributed by atoms with Gasteiger partial charge in [-0.15, -0.1) is 0 Å². The summed E-state index contributed by atoms with van der Waals surface area (Å²) in [5, 5.41) is 17.3. The maximum absolute atomic E-state index is 10.2. The van der Waals surface area contributed by atoms with Crippen LogP contribution in [0.1, 0.15) is 6.92 Å². The summed E-state index contributed by atoms with van der Waals surface area (Å²) in [5.74, 6) is -0.737. The largest absolute Gasteiger partial charge is 0.480 e. The van der Waals surface area contributed by atoms with Crippen LogP contribution in [0.5, 0.6) is 5.75 Å². The molecule has 0 aliphatic heterocycles. The highest BCUT2D eigenvalue weighted by molar-refractivity contribution is 6.35. The number of nitrogens with two attached hydrogens (primary N) is 1. The number of aliphatic hydroxyl groups is 1. The Bertz CT molecular complexity index is 385. The van der Waals surface area contributed by atoms with Crippen molar-refractivity contribution in [3.8, 4) is 5.75 Å². The molecule has 1 atom stereocenters. The molecule has 5 nitrogen and oxygen atoms in total. The van der Waals surface area contributed by atoms with Gasteiger partial charge in [0.05, 0.1) is 11.1 Å². The van der Waals surface area contributed by atoms with Crippen molar-refractivity contribution in [2.75, 3.05) is 13.2 Å². The quantitative estimate of drug-likeness (QED) is 0.787. The highest BCUT2D eigenvalue weighted by Gasteiger charge is 2.04. The molecule has 0 aliphatic rings. The first-order valence-electron chi connectivity index (χ1n) is 5.04. The van der Waals surface area contributed by atoms with Crippen molar-refractivity contribution < 1.29 is 19.7 Å². The van der Waals surface area contributed by atoms with Crippen LogP contribution in [0.25, 0.3) is 0 Å². The highest BCUT2D eigenvalue weighted by Crippen LogP contribution is 2.27. The SMILES string of the molecule is CC(O)CN.O=C(O)COc1ccc(Cl)cc1Cl. The molecule has 0 heterocycles. The van der Waals surface area contributed by atoms with Gasteiger partial charge in [-0.1, -0.05) is 23.2 Å². The zero-order valence-electron chi connectivity index (χ0n) is 9.77. The number of carbonyl (C=O) groups is 1. The van der Waals surface area contributed by atoms with Crippen LogP contribution < -0.4 is 10.5 Å². The number of halogens is 2. The number of ether oxygens (including phenoxy) is 1. The van der Waals surface area contributed by atoms with E-state index >= 15 is 0 Å². The van der Waals surface area contributed by atoms with Gasteiger partial charge in [-0.25, -0.2) is 4.79 Å². The molecule has 0 amide bonds. The first kappa shape index (κ1) is 17.0. The van der Waals surface area contributed by atoms with Gasteiger partial charge in [-0.2, -0.15) is 0 Å². The number of hydrogen-bond donors (Lipinski definition) is 3. The molecule has 0 aromatic heterocycles. The summed E-state index contributed by atoms with van der Waals surface area (Å²) in [6.07, 6.45) is -0.338. The lowest BCUT2D eigenvalue weighted by Crippen LogP contribution is -2.14. The van der Waals surface area contributed by atoms with Crippen LogP contribution in [0, 0.1) is 0 Å². The Kier molecular flexibility index (Phi) is 8.49. The van der Waals surface area contributed by atoms with Gasteiger partial charge in [-0.05, 0) is 25.1 Å². The number of aliphatic carboxylic acids is 1. The Hall–Kier alpha value is -1.01. The van der Waals surface area contributed by atoms with Gasteiger partial charge in [-0.3, -0.25) is 0 Å². The van der Waals surface area contributed by atoms with Gasteiger partial charge >= 0.3 is 5.97 Å². The van der Waals surface area contributed by atoms with E-state index in [1.807, 2.05) is 0 Å². The average Bonchev–Trinajstić information content (AvgIpc) is 2.28. The van der Waals surface area contributed by atoms with Crippen molar-refractivity contribution in [3.63, 3.8) is 0 Å². The van der Waals surface area contributed by atoms with E-state index in [2.05, 4.69) is 0 Å².